The Hall–Kier alpha value is -5.34. The number of fused-ring (bicyclic) bond motifs is 6. The van der Waals surface area contributed by atoms with Gasteiger partial charge in [0.1, 0.15) is 0 Å². The van der Waals surface area contributed by atoms with E-state index in [1.165, 1.54) is 77.5 Å². The lowest BCUT2D eigenvalue weighted by molar-refractivity contribution is 0.659. The Balaban J connectivity index is 1.09. The van der Waals surface area contributed by atoms with Gasteiger partial charge in [0, 0.05) is 45.7 Å². The first-order chi connectivity index (χ1) is 23.6. The van der Waals surface area contributed by atoms with Gasteiger partial charge in [-0.3, -0.25) is 0 Å². The van der Waals surface area contributed by atoms with Crippen LogP contribution >= 0.6 is 0 Å². The number of hydrogen-bond acceptors (Lipinski definition) is 1. The Kier molecular flexibility index (Phi) is 6.86. The van der Waals surface area contributed by atoms with Crippen molar-refractivity contribution in [3.05, 3.63) is 172 Å². The van der Waals surface area contributed by atoms with Gasteiger partial charge in [-0.2, -0.15) is 0 Å². The van der Waals surface area contributed by atoms with Crippen molar-refractivity contribution < 1.29 is 0 Å². The Bertz CT molecular complexity index is 2390. The zero-order valence-corrected chi connectivity index (χ0v) is 27.8. The molecule has 4 aromatic carbocycles. The highest BCUT2D eigenvalue weighted by molar-refractivity contribution is 5.87. The van der Waals surface area contributed by atoms with E-state index in [0.29, 0.717) is 0 Å². The monoisotopic (exact) mass is 620 g/mol. The van der Waals surface area contributed by atoms with Gasteiger partial charge < -0.3 is 9.47 Å². The molecule has 2 nitrogen and oxygen atoms in total. The van der Waals surface area contributed by atoms with E-state index in [4.69, 9.17) is 0 Å². The zero-order chi connectivity index (χ0) is 32.2. The van der Waals surface area contributed by atoms with Crippen LogP contribution < -0.4 is 15.5 Å². The summed E-state index contributed by atoms with van der Waals surface area (Å²) in [7, 11) is 0. The van der Waals surface area contributed by atoms with Crippen LogP contribution in [0.4, 0.5) is 5.69 Å². The fraction of sp³-hybridized carbons (Fsp3) is 0.174. The van der Waals surface area contributed by atoms with Crippen molar-refractivity contribution in [2.24, 2.45) is 0 Å². The van der Waals surface area contributed by atoms with E-state index in [-0.39, 0.29) is 5.41 Å². The topological polar surface area (TPSA) is 8.17 Å². The highest BCUT2D eigenvalue weighted by atomic mass is 15.1. The van der Waals surface area contributed by atoms with E-state index in [2.05, 4.69) is 169 Å². The Labute approximate surface area is 283 Å². The van der Waals surface area contributed by atoms with Gasteiger partial charge in [0.15, 0.2) is 0 Å². The second kappa shape index (κ2) is 11.4. The van der Waals surface area contributed by atoms with Gasteiger partial charge in [0.05, 0.1) is 10.9 Å². The van der Waals surface area contributed by atoms with Crippen LogP contribution in [0.3, 0.4) is 0 Å². The van der Waals surface area contributed by atoms with Crippen molar-refractivity contribution in [2.45, 2.75) is 51.4 Å². The molecule has 5 aromatic rings. The maximum Gasteiger partial charge on any atom is 0.0540 e. The summed E-state index contributed by atoms with van der Waals surface area (Å²) in [6.07, 6.45) is 25.9. The summed E-state index contributed by atoms with van der Waals surface area (Å²) in [5.41, 5.74) is 14.6. The molecule has 0 unspecified atom stereocenters. The van der Waals surface area contributed by atoms with E-state index < -0.39 is 0 Å². The molecule has 0 bridgehead atoms. The fourth-order valence-electron chi connectivity index (χ4n) is 8.27. The number of aromatic nitrogens is 1. The average molecular weight is 621 g/mol. The summed E-state index contributed by atoms with van der Waals surface area (Å²) in [5.74, 6) is 0. The molecule has 0 amide bonds. The van der Waals surface area contributed by atoms with Crippen LogP contribution in [-0.2, 0) is 5.41 Å². The van der Waals surface area contributed by atoms with Crippen molar-refractivity contribution in [1.82, 2.24) is 4.57 Å². The van der Waals surface area contributed by atoms with Crippen molar-refractivity contribution in [2.75, 3.05) is 4.90 Å². The average Bonchev–Trinajstić information content (AvgIpc) is 3.91. The molecule has 1 aromatic heterocycles. The molecule has 1 heterocycles. The molecule has 0 atom stereocenters. The minimum absolute atomic E-state index is 0.134. The minimum atomic E-state index is -0.134. The first-order valence-corrected chi connectivity index (χ1v) is 17.4. The summed E-state index contributed by atoms with van der Waals surface area (Å²) in [4.78, 5) is 2.43. The van der Waals surface area contributed by atoms with Gasteiger partial charge in [-0.05, 0) is 95.5 Å². The van der Waals surface area contributed by atoms with Crippen LogP contribution in [0.25, 0.3) is 45.4 Å². The third-order valence-electron chi connectivity index (χ3n) is 10.8. The molecule has 0 saturated carbocycles. The van der Waals surface area contributed by atoms with Gasteiger partial charge >= 0.3 is 0 Å². The highest BCUT2D eigenvalue weighted by Gasteiger charge is 2.36. The lowest BCUT2D eigenvalue weighted by atomic mass is 9.82. The largest absolute Gasteiger partial charge is 0.321 e. The highest BCUT2D eigenvalue weighted by Crippen LogP contribution is 2.50. The third-order valence-corrected chi connectivity index (χ3v) is 10.8. The molecule has 9 rings (SSSR count). The zero-order valence-electron chi connectivity index (χ0n) is 27.8. The molecule has 4 aliphatic carbocycles. The van der Waals surface area contributed by atoms with E-state index in [1.807, 2.05) is 0 Å². The molecule has 0 N–H and O–H groups in total. The van der Waals surface area contributed by atoms with Crippen LogP contribution in [0.2, 0.25) is 0 Å². The number of hydrogen-bond donors (Lipinski definition) is 0. The second-order valence-corrected chi connectivity index (χ2v) is 14.0. The molecule has 0 saturated heterocycles. The first kappa shape index (κ1) is 28.8. The summed E-state index contributed by atoms with van der Waals surface area (Å²) in [6, 6.07) is 33.9. The van der Waals surface area contributed by atoms with E-state index in [1.54, 1.807) is 0 Å². The minimum Gasteiger partial charge on any atom is -0.321 e. The normalized spacial score (nSPS) is 17.0. The maximum absolute atomic E-state index is 2.47. The number of nitrogens with zero attached hydrogens (tertiary/aromatic N) is 2. The van der Waals surface area contributed by atoms with Crippen molar-refractivity contribution in [1.29, 1.82) is 0 Å². The molecule has 0 fully saturated rings. The van der Waals surface area contributed by atoms with E-state index in [9.17, 15) is 0 Å². The van der Waals surface area contributed by atoms with E-state index in [0.717, 1.165) is 32.1 Å². The molecule has 0 spiro atoms. The van der Waals surface area contributed by atoms with Crippen molar-refractivity contribution in [3.8, 4) is 16.8 Å². The molecular formula is C46H40N2. The number of benzene rings is 4. The molecule has 234 valence electrons. The van der Waals surface area contributed by atoms with Crippen molar-refractivity contribution >= 4 is 34.3 Å². The summed E-state index contributed by atoms with van der Waals surface area (Å²) in [5, 5.41) is 4.03. The standard InChI is InChI=1S/C46H40N2/c1-46(2)42-30-36(47(28-12-15-32-13-5-3-6-14-32)35-23-22-34(29-35)33-16-7-4-8-17-33)24-26-38(42)39-27-25-37(31-43(39)46)48-44-20-10-9-18-40(44)41-19-11-21-45(41)48/h3-5,7-10,12-13,16-28,30-31H,6,11,14-15,29H2,1-2H3/b28-12-. The quantitative estimate of drug-likeness (QED) is 0.176. The predicted octanol–water partition coefficient (Wildman–Crippen LogP) is 10.3. The summed E-state index contributed by atoms with van der Waals surface area (Å²) < 4.78 is 2.47. The molecule has 2 heteroatoms. The van der Waals surface area contributed by atoms with Gasteiger partial charge in [0.25, 0.3) is 0 Å². The molecule has 4 aliphatic rings. The van der Waals surface area contributed by atoms with Crippen LogP contribution in [-0.4, -0.2) is 4.57 Å². The lowest BCUT2D eigenvalue weighted by Crippen LogP contribution is -2.25. The number of para-hydroxylation sites is 1. The molecule has 48 heavy (non-hydrogen) atoms. The molecular weight excluding hydrogens is 581 g/mol. The Morgan fingerprint density at radius 1 is 0.812 bits per heavy atom. The summed E-state index contributed by atoms with van der Waals surface area (Å²) in [6.45, 7) is 4.80. The van der Waals surface area contributed by atoms with Crippen LogP contribution in [0.15, 0.2) is 145 Å². The van der Waals surface area contributed by atoms with Crippen LogP contribution in [0.5, 0.6) is 0 Å². The predicted molar refractivity (Wildman–Crippen MR) is 203 cm³/mol. The molecule has 0 aliphatic heterocycles. The van der Waals surface area contributed by atoms with Gasteiger partial charge in [-0.1, -0.05) is 123 Å². The van der Waals surface area contributed by atoms with Gasteiger partial charge in [0.2, 0.25) is 0 Å². The number of anilines is 1. The lowest BCUT2D eigenvalue weighted by Gasteiger charge is -2.27. The maximum atomic E-state index is 2.47. The molecule has 0 radical (unpaired) electrons. The van der Waals surface area contributed by atoms with Gasteiger partial charge in [-0.25, -0.2) is 0 Å². The number of rotatable bonds is 7. The first-order valence-electron chi connectivity index (χ1n) is 17.4. The smallest absolute Gasteiger partial charge is 0.0540 e. The van der Waals surface area contributed by atoms with Gasteiger partial charge in [-0.15, -0.1) is 0 Å². The van der Waals surface area contributed by atoms with E-state index >= 15 is 0 Å². The Morgan fingerprint density at radius 3 is 2.48 bits per heavy atom. The number of allylic oxidation sites excluding steroid dienone is 8. The van der Waals surface area contributed by atoms with Crippen LogP contribution in [0, 0.1) is 0 Å². The third kappa shape index (κ3) is 4.70. The summed E-state index contributed by atoms with van der Waals surface area (Å²) >= 11 is 0. The fourth-order valence-corrected chi connectivity index (χ4v) is 8.27. The van der Waals surface area contributed by atoms with Crippen LogP contribution in [0.1, 0.15) is 62.6 Å². The second-order valence-electron chi connectivity index (χ2n) is 14.0. The van der Waals surface area contributed by atoms with Crippen molar-refractivity contribution in [3.63, 3.8) is 0 Å². The SMILES string of the molecule is CC1(C)c2cc(N(/C=C\CC3=CC=CCC3)C3=CC=C(c4ccccc4)C3)ccc2-c2ccc(-n3c4c(c5ccccc53)=CCC=4)cc21. The Morgan fingerprint density at radius 2 is 1.62 bits per heavy atom.